The zero-order valence-corrected chi connectivity index (χ0v) is 11.5. The Bertz CT molecular complexity index is 650. The number of aliphatic hydroxyl groups is 1. The van der Waals surface area contributed by atoms with Gasteiger partial charge in [0.05, 0.1) is 24.9 Å². The molecule has 1 aliphatic heterocycles. The molecule has 0 bridgehead atoms. The van der Waals surface area contributed by atoms with Gasteiger partial charge in [0.15, 0.2) is 0 Å². The smallest absolute Gasteiger partial charge is 0.414 e. The molecule has 6 heteroatoms. The molecule has 106 valence electrons. The maximum atomic E-state index is 11.8. The van der Waals surface area contributed by atoms with Crippen molar-refractivity contribution >= 4 is 22.7 Å². The van der Waals surface area contributed by atoms with Crippen LogP contribution in [0.3, 0.4) is 0 Å². The Morgan fingerprint density at radius 1 is 1.50 bits per heavy atom. The summed E-state index contributed by atoms with van der Waals surface area (Å²) < 4.78 is 6.99. The number of aliphatic hydroxyl groups excluding tert-OH is 1. The summed E-state index contributed by atoms with van der Waals surface area (Å²) in [5, 5.41) is 14.4. The van der Waals surface area contributed by atoms with Crippen LogP contribution in [0.2, 0.25) is 0 Å². The third kappa shape index (κ3) is 2.02. The van der Waals surface area contributed by atoms with Crippen molar-refractivity contribution in [3.05, 3.63) is 24.4 Å². The van der Waals surface area contributed by atoms with E-state index in [1.54, 1.807) is 6.20 Å². The van der Waals surface area contributed by atoms with Crippen molar-refractivity contribution in [1.29, 1.82) is 0 Å². The minimum absolute atomic E-state index is 0.157. The highest BCUT2D eigenvalue weighted by molar-refractivity contribution is 5.93. The SMILES string of the molecule is CC(C)n1ncc2cc(N3CC(CO)OC3=O)ccc21. The Morgan fingerprint density at radius 2 is 2.30 bits per heavy atom. The molecule has 0 spiro atoms. The Balaban J connectivity index is 1.96. The number of anilines is 1. The first-order chi connectivity index (χ1) is 9.60. The van der Waals surface area contributed by atoms with E-state index in [0.29, 0.717) is 6.54 Å². The Labute approximate surface area is 116 Å². The van der Waals surface area contributed by atoms with E-state index < -0.39 is 12.2 Å². The second-order valence-electron chi connectivity index (χ2n) is 5.22. The average Bonchev–Trinajstić information content (AvgIpc) is 3.01. The summed E-state index contributed by atoms with van der Waals surface area (Å²) in [4.78, 5) is 13.3. The number of hydrogen-bond acceptors (Lipinski definition) is 4. The van der Waals surface area contributed by atoms with E-state index in [-0.39, 0.29) is 12.6 Å². The van der Waals surface area contributed by atoms with Gasteiger partial charge in [-0.15, -0.1) is 0 Å². The van der Waals surface area contributed by atoms with Crippen LogP contribution < -0.4 is 4.90 Å². The zero-order chi connectivity index (χ0) is 14.3. The van der Waals surface area contributed by atoms with Gasteiger partial charge in [-0.3, -0.25) is 9.58 Å². The molecule has 1 atom stereocenters. The molecule has 0 saturated carbocycles. The number of ether oxygens (including phenoxy) is 1. The van der Waals surface area contributed by atoms with E-state index in [0.717, 1.165) is 16.6 Å². The first kappa shape index (κ1) is 12.9. The van der Waals surface area contributed by atoms with Gasteiger partial charge in [0, 0.05) is 17.1 Å². The lowest BCUT2D eigenvalue weighted by atomic mass is 10.2. The molecule has 0 aliphatic carbocycles. The quantitative estimate of drug-likeness (QED) is 0.929. The molecule has 1 N–H and O–H groups in total. The van der Waals surface area contributed by atoms with Crippen LogP contribution in [-0.2, 0) is 4.74 Å². The Hall–Kier alpha value is -2.08. The lowest BCUT2D eigenvalue weighted by Gasteiger charge is -2.13. The van der Waals surface area contributed by atoms with Crippen molar-refractivity contribution in [3.8, 4) is 0 Å². The van der Waals surface area contributed by atoms with Crippen LogP contribution in [-0.4, -0.2) is 40.2 Å². The molecule has 3 rings (SSSR count). The lowest BCUT2D eigenvalue weighted by Crippen LogP contribution is -2.25. The van der Waals surface area contributed by atoms with E-state index in [1.165, 1.54) is 4.90 Å². The highest BCUT2D eigenvalue weighted by Gasteiger charge is 2.31. The molecule has 1 saturated heterocycles. The second-order valence-corrected chi connectivity index (χ2v) is 5.22. The molecular weight excluding hydrogens is 258 g/mol. The second kappa shape index (κ2) is 4.79. The topological polar surface area (TPSA) is 67.6 Å². The normalized spacial score (nSPS) is 19.1. The lowest BCUT2D eigenvalue weighted by molar-refractivity contribution is 0.0963. The van der Waals surface area contributed by atoms with Crippen LogP contribution in [0.4, 0.5) is 10.5 Å². The molecule has 1 aromatic heterocycles. The summed E-state index contributed by atoms with van der Waals surface area (Å²) in [6.07, 6.45) is 0.931. The summed E-state index contributed by atoms with van der Waals surface area (Å²) in [7, 11) is 0. The molecule has 20 heavy (non-hydrogen) atoms. The average molecular weight is 275 g/mol. The molecular formula is C14H17N3O3. The number of fused-ring (bicyclic) bond motifs is 1. The Morgan fingerprint density at radius 3 is 2.95 bits per heavy atom. The van der Waals surface area contributed by atoms with Gasteiger partial charge in [-0.2, -0.15) is 5.10 Å². The van der Waals surface area contributed by atoms with Crippen LogP contribution >= 0.6 is 0 Å². The molecule has 0 radical (unpaired) electrons. The molecule has 2 heterocycles. The number of aromatic nitrogens is 2. The molecule has 1 aromatic carbocycles. The first-order valence-electron chi connectivity index (χ1n) is 6.66. The number of carbonyl (C=O) groups excluding carboxylic acids is 1. The van der Waals surface area contributed by atoms with Crippen molar-refractivity contribution in [2.24, 2.45) is 0 Å². The van der Waals surface area contributed by atoms with Crippen LogP contribution in [0.15, 0.2) is 24.4 Å². The summed E-state index contributed by atoms with van der Waals surface area (Å²) in [5.74, 6) is 0. The van der Waals surface area contributed by atoms with Crippen LogP contribution in [0, 0.1) is 0 Å². The van der Waals surface area contributed by atoms with Crippen LogP contribution in [0.25, 0.3) is 10.9 Å². The maximum absolute atomic E-state index is 11.8. The maximum Gasteiger partial charge on any atom is 0.414 e. The number of carbonyl (C=O) groups is 1. The number of benzene rings is 1. The Kier molecular flexibility index (Phi) is 3.10. The molecule has 1 amide bonds. The van der Waals surface area contributed by atoms with Gasteiger partial charge in [-0.05, 0) is 32.0 Å². The number of cyclic esters (lactones) is 1. The monoisotopic (exact) mass is 275 g/mol. The standard InChI is InChI=1S/C14H17N3O3/c1-9(2)17-13-4-3-11(5-10(13)6-15-17)16-7-12(8-18)20-14(16)19/h3-6,9,12,18H,7-8H2,1-2H3. The van der Waals surface area contributed by atoms with Crippen molar-refractivity contribution in [1.82, 2.24) is 9.78 Å². The van der Waals surface area contributed by atoms with Gasteiger partial charge in [0.25, 0.3) is 0 Å². The summed E-state index contributed by atoms with van der Waals surface area (Å²) >= 11 is 0. The zero-order valence-electron chi connectivity index (χ0n) is 11.5. The highest BCUT2D eigenvalue weighted by Crippen LogP contribution is 2.27. The van der Waals surface area contributed by atoms with E-state index in [9.17, 15) is 4.79 Å². The molecule has 2 aromatic rings. The third-order valence-corrected chi connectivity index (χ3v) is 3.46. The van der Waals surface area contributed by atoms with Crippen molar-refractivity contribution in [3.63, 3.8) is 0 Å². The first-order valence-corrected chi connectivity index (χ1v) is 6.66. The van der Waals surface area contributed by atoms with Gasteiger partial charge in [0.2, 0.25) is 0 Å². The molecule has 1 aliphatic rings. The van der Waals surface area contributed by atoms with E-state index >= 15 is 0 Å². The molecule has 1 unspecified atom stereocenters. The highest BCUT2D eigenvalue weighted by atomic mass is 16.6. The fourth-order valence-electron chi connectivity index (χ4n) is 2.45. The largest absolute Gasteiger partial charge is 0.441 e. The van der Waals surface area contributed by atoms with Crippen LogP contribution in [0.1, 0.15) is 19.9 Å². The summed E-state index contributed by atoms with van der Waals surface area (Å²) in [5.41, 5.74) is 1.80. The van der Waals surface area contributed by atoms with Crippen LogP contribution in [0.5, 0.6) is 0 Å². The third-order valence-electron chi connectivity index (χ3n) is 3.46. The van der Waals surface area contributed by atoms with Gasteiger partial charge < -0.3 is 9.84 Å². The minimum atomic E-state index is -0.448. The molecule has 6 nitrogen and oxygen atoms in total. The van der Waals surface area contributed by atoms with Crippen molar-refractivity contribution in [2.75, 3.05) is 18.1 Å². The van der Waals surface area contributed by atoms with Gasteiger partial charge in [0.1, 0.15) is 6.10 Å². The van der Waals surface area contributed by atoms with Gasteiger partial charge in [-0.25, -0.2) is 4.79 Å². The summed E-state index contributed by atoms with van der Waals surface area (Å²) in [6.45, 7) is 4.36. The van der Waals surface area contributed by atoms with Crippen molar-refractivity contribution in [2.45, 2.75) is 26.0 Å². The van der Waals surface area contributed by atoms with Crippen molar-refractivity contribution < 1.29 is 14.6 Å². The fourth-order valence-corrected chi connectivity index (χ4v) is 2.45. The van der Waals surface area contributed by atoms with E-state index in [1.807, 2.05) is 22.9 Å². The predicted octanol–water partition coefficient (Wildman–Crippen LogP) is 1.93. The van der Waals surface area contributed by atoms with Gasteiger partial charge >= 0.3 is 6.09 Å². The number of hydrogen-bond donors (Lipinski definition) is 1. The van der Waals surface area contributed by atoms with E-state index in [4.69, 9.17) is 9.84 Å². The van der Waals surface area contributed by atoms with Gasteiger partial charge in [-0.1, -0.05) is 0 Å². The fraction of sp³-hybridized carbons (Fsp3) is 0.429. The summed E-state index contributed by atoms with van der Waals surface area (Å²) in [6, 6.07) is 6.04. The number of amides is 1. The number of rotatable bonds is 3. The number of nitrogens with zero attached hydrogens (tertiary/aromatic N) is 3. The predicted molar refractivity (Wildman–Crippen MR) is 74.8 cm³/mol. The molecule has 1 fully saturated rings. The van der Waals surface area contributed by atoms with E-state index in [2.05, 4.69) is 18.9 Å². The minimum Gasteiger partial charge on any atom is -0.441 e.